The molecule has 0 N–H and O–H groups in total. The van der Waals surface area contributed by atoms with E-state index in [2.05, 4.69) is 0 Å². The van der Waals surface area contributed by atoms with Gasteiger partial charge in [-0.15, -0.1) is 0 Å². The van der Waals surface area contributed by atoms with Crippen LogP contribution in [0.5, 0.6) is 0 Å². The Balaban J connectivity index is 5.72. The smallest absolute Gasteiger partial charge is 0.306 e. The number of esters is 2. The topological polar surface area (TPSA) is 86.7 Å². The fraction of sp³-hybridized carbons (Fsp3) is 0.789. The molecular formula is C19H31O6. The lowest BCUT2D eigenvalue weighted by Crippen LogP contribution is -2.50. The van der Waals surface area contributed by atoms with Gasteiger partial charge in [0.1, 0.15) is 11.9 Å². The maximum atomic E-state index is 12.5. The van der Waals surface area contributed by atoms with Crippen molar-refractivity contribution in [3.63, 3.8) is 0 Å². The van der Waals surface area contributed by atoms with Crippen molar-refractivity contribution in [2.24, 2.45) is 5.92 Å². The van der Waals surface area contributed by atoms with Crippen LogP contribution < -0.4 is 0 Å². The van der Waals surface area contributed by atoms with E-state index in [-0.39, 0.29) is 24.6 Å². The molecule has 0 saturated carbocycles. The predicted octanol–water partition coefficient (Wildman–Crippen LogP) is 3.31. The predicted molar refractivity (Wildman–Crippen MR) is 93.6 cm³/mol. The van der Waals surface area contributed by atoms with Gasteiger partial charge in [0.2, 0.25) is 6.29 Å². The van der Waals surface area contributed by atoms with Crippen LogP contribution in [0.15, 0.2) is 0 Å². The minimum atomic E-state index is -1.25. The zero-order valence-corrected chi connectivity index (χ0v) is 16.1. The second-order valence-corrected chi connectivity index (χ2v) is 6.27. The van der Waals surface area contributed by atoms with Gasteiger partial charge in [0.05, 0.1) is 12.3 Å². The van der Waals surface area contributed by atoms with Crippen LogP contribution in [0.3, 0.4) is 0 Å². The van der Waals surface area contributed by atoms with E-state index in [0.717, 1.165) is 0 Å². The van der Waals surface area contributed by atoms with Crippen molar-refractivity contribution >= 4 is 24.0 Å². The number of rotatable bonds is 13. The first-order chi connectivity index (χ1) is 11.8. The van der Waals surface area contributed by atoms with Crippen LogP contribution in [0.2, 0.25) is 0 Å². The number of Topliss-reactive ketones (excluding diaryl/α,β-unsaturated/α-hetero) is 1. The van der Waals surface area contributed by atoms with Crippen LogP contribution in [0.25, 0.3) is 0 Å². The first kappa shape index (κ1) is 23.3. The summed E-state index contributed by atoms with van der Waals surface area (Å²) < 4.78 is 11.1. The molecule has 0 aliphatic heterocycles. The highest BCUT2D eigenvalue weighted by molar-refractivity contribution is 5.94. The van der Waals surface area contributed by atoms with Crippen LogP contribution in [-0.4, -0.2) is 35.7 Å². The summed E-state index contributed by atoms with van der Waals surface area (Å²) in [5.41, 5.74) is -1.25. The number of carbonyl (C=O) groups excluding carboxylic acids is 4. The summed E-state index contributed by atoms with van der Waals surface area (Å²) >= 11 is 0. The molecule has 6 heteroatoms. The third kappa shape index (κ3) is 7.36. The number of ketones is 1. The molecule has 0 aromatic rings. The molecule has 3 atom stereocenters. The van der Waals surface area contributed by atoms with Gasteiger partial charge in [-0.1, -0.05) is 34.1 Å². The van der Waals surface area contributed by atoms with E-state index in [9.17, 15) is 19.2 Å². The van der Waals surface area contributed by atoms with Crippen LogP contribution in [0.1, 0.15) is 79.6 Å². The number of ether oxygens (including phenoxy) is 2. The minimum Gasteiger partial charge on any atom is -0.458 e. The summed E-state index contributed by atoms with van der Waals surface area (Å²) in [4.78, 5) is 47.2. The average molecular weight is 355 g/mol. The molecule has 0 spiro atoms. The van der Waals surface area contributed by atoms with E-state index in [1.807, 2.05) is 20.8 Å². The van der Waals surface area contributed by atoms with E-state index in [0.29, 0.717) is 32.1 Å². The Labute approximate surface area is 150 Å². The fourth-order valence-corrected chi connectivity index (χ4v) is 3.00. The Kier molecular flexibility index (Phi) is 11.0. The van der Waals surface area contributed by atoms with E-state index in [1.54, 1.807) is 13.2 Å². The van der Waals surface area contributed by atoms with E-state index >= 15 is 0 Å². The SMILES string of the molecule is CCCC(=O)OC(CC)C(CCC)(CC(=O)C([C]=O)CC)OC(C)=O. The molecule has 0 fully saturated rings. The molecule has 0 aliphatic rings. The summed E-state index contributed by atoms with van der Waals surface area (Å²) in [6.45, 7) is 8.55. The molecule has 0 saturated heterocycles. The van der Waals surface area contributed by atoms with Crippen molar-refractivity contribution in [3.05, 3.63) is 0 Å². The Bertz CT molecular complexity index is 459. The Morgan fingerprint density at radius 3 is 2.08 bits per heavy atom. The van der Waals surface area contributed by atoms with E-state index in [1.165, 1.54) is 6.92 Å². The van der Waals surface area contributed by atoms with E-state index in [4.69, 9.17) is 9.47 Å². The molecule has 0 rings (SSSR count). The highest BCUT2D eigenvalue weighted by atomic mass is 16.6. The average Bonchev–Trinajstić information content (AvgIpc) is 2.53. The van der Waals surface area contributed by atoms with Gasteiger partial charge < -0.3 is 9.47 Å². The Morgan fingerprint density at radius 1 is 1.04 bits per heavy atom. The van der Waals surface area contributed by atoms with Gasteiger partial charge in [-0.25, -0.2) is 0 Å². The highest BCUT2D eigenvalue weighted by Crippen LogP contribution is 2.33. The normalized spacial score (nSPS) is 15.6. The summed E-state index contributed by atoms with van der Waals surface area (Å²) in [7, 11) is 0. The molecule has 143 valence electrons. The molecule has 6 nitrogen and oxygen atoms in total. The van der Waals surface area contributed by atoms with Crippen molar-refractivity contribution in [1.82, 2.24) is 0 Å². The van der Waals surface area contributed by atoms with Crippen molar-refractivity contribution in [3.8, 4) is 0 Å². The summed E-state index contributed by atoms with van der Waals surface area (Å²) in [5.74, 6) is -2.15. The molecule has 0 bridgehead atoms. The highest BCUT2D eigenvalue weighted by Gasteiger charge is 2.45. The van der Waals surface area contributed by atoms with E-state index < -0.39 is 23.6 Å². The first-order valence-electron chi connectivity index (χ1n) is 9.09. The van der Waals surface area contributed by atoms with Gasteiger partial charge in [0, 0.05) is 13.3 Å². The number of carbonyl (C=O) groups is 3. The van der Waals surface area contributed by atoms with Gasteiger partial charge in [-0.05, 0) is 25.7 Å². The molecule has 0 aliphatic carbocycles. The molecule has 0 aromatic heterocycles. The lowest BCUT2D eigenvalue weighted by molar-refractivity contribution is -0.189. The lowest BCUT2D eigenvalue weighted by atomic mass is 9.81. The second-order valence-electron chi connectivity index (χ2n) is 6.27. The van der Waals surface area contributed by atoms with Crippen molar-refractivity contribution in [2.45, 2.75) is 91.3 Å². The Hall–Kier alpha value is -1.72. The van der Waals surface area contributed by atoms with Crippen molar-refractivity contribution in [2.75, 3.05) is 0 Å². The van der Waals surface area contributed by atoms with Crippen molar-refractivity contribution in [1.29, 1.82) is 0 Å². The maximum Gasteiger partial charge on any atom is 0.306 e. The van der Waals surface area contributed by atoms with Crippen LogP contribution in [0, 0.1) is 5.92 Å². The zero-order valence-electron chi connectivity index (χ0n) is 16.1. The van der Waals surface area contributed by atoms with Crippen LogP contribution in [-0.2, 0) is 28.7 Å². The Morgan fingerprint density at radius 2 is 1.68 bits per heavy atom. The van der Waals surface area contributed by atoms with Gasteiger partial charge in [0.25, 0.3) is 0 Å². The number of hydrogen-bond donors (Lipinski definition) is 0. The molecule has 25 heavy (non-hydrogen) atoms. The zero-order chi connectivity index (χ0) is 19.5. The molecule has 0 aromatic carbocycles. The standard InChI is InChI=1S/C19H31O6/c1-6-10-18(23)24-17(9-4)19(11-7-2,25-14(5)21)12-16(22)15(8-3)13-20/h15,17H,6-12H2,1-5H3. The monoisotopic (exact) mass is 355 g/mol. The van der Waals surface area contributed by atoms with Gasteiger partial charge in [-0.2, -0.15) is 0 Å². The molecule has 0 heterocycles. The summed E-state index contributed by atoms with van der Waals surface area (Å²) in [5, 5.41) is 0. The third-order valence-corrected chi connectivity index (χ3v) is 4.12. The summed E-state index contributed by atoms with van der Waals surface area (Å²) in [6.07, 6.45) is 3.47. The molecular weight excluding hydrogens is 324 g/mol. The van der Waals surface area contributed by atoms with Gasteiger partial charge >= 0.3 is 11.9 Å². The quantitative estimate of drug-likeness (QED) is 0.372. The maximum absolute atomic E-state index is 12.5. The fourth-order valence-electron chi connectivity index (χ4n) is 3.00. The third-order valence-electron chi connectivity index (χ3n) is 4.12. The van der Waals surface area contributed by atoms with Crippen LogP contribution in [0.4, 0.5) is 0 Å². The molecule has 3 unspecified atom stereocenters. The summed E-state index contributed by atoms with van der Waals surface area (Å²) in [6, 6.07) is 0. The van der Waals surface area contributed by atoms with Gasteiger partial charge in [-0.3, -0.25) is 19.2 Å². The first-order valence-corrected chi connectivity index (χ1v) is 9.09. The van der Waals surface area contributed by atoms with Gasteiger partial charge in [0.15, 0.2) is 5.60 Å². The van der Waals surface area contributed by atoms with Crippen molar-refractivity contribution < 1.29 is 28.7 Å². The minimum absolute atomic E-state index is 0.161. The molecule has 0 amide bonds. The largest absolute Gasteiger partial charge is 0.458 e. The van der Waals surface area contributed by atoms with Crippen LogP contribution >= 0.6 is 0 Å². The lowest BCUT2D eigenvalue weighted by Gasteiger charge is -2.39. The molecule has 1 radical (unpaired) electrons. The number of hydrogen-bond acceptors (Lipinski definition) is 6. The second kappa shape index (κ2) is 11.8.